The number of carbonyl (C=O) groups excluding carboxylic acids is 2. The molecule has 0 bridgehead atoms. The van der Waals surface area contributed by atoms with Gasteiger partial charge in [-0.25, -0.2) is 0 Å². The Morgan fingerprint density at radius 1 is 1.16 bits per heavy atom. The zero-order valence-corrected chi connectivity index (χ0v) is 18.1. The first-order valence-corrected chi connectivity index (χ1v) is 11.4. The molecule has 1 fully saturated rings. The van der Waals surface area contributed by atoms with Crippen molar-refractivity contribution in [1.82, 2.24) is 14.8 Å². The Balaban J connectivity index is 1.37. The summed E-state index contributed by atoms with van der Waals surface area (Å²) in [5, 5.41) is 9.73. The zero-order chi connectivity index (χ0) is 22.0. The van der Waals surface area contributed by atoms with E-state index in [0.29, 0.717) is 44.3 Å². The molecule has 0 saturated carbocycles. The van der Waals surface area contributed by atoms with E-state index in [-0.39, 0.29) is 22.9 Å². The number of amides is 2. The van der Waals surface area contributed by atoms with Gasteiger partial charge in [0.1, 0.15) is 11.6 Å². The van der Waals surface area contributed by atoms with Crippen molar-refractivity contribution in [3.8, 4) is 6.07 Å². The molecule has 9 heteroatoms. The molecular formula is C22H23N5O3S. The number of rotatable bonds is 4. The average Bonchev–Trinajstić information content (AvgIpc) is 3.23. The van der Waals surface area contributed by atoms with Crippen molar-refractivity contribution in [3.05, 3.63) is 57.4 Å². The van der Waals surface area contributed by atoms with Crippen molar-refractivity contribution in [2.45, 2.75) is 11.4 Å². The van der Waals surface area contributed by atoms with Gasteiger partial charge in [0, 0.05) is 38.4 Å². The maximum atomic E-state index is 12.9. The van der Waals surface area contributed by atoms with Crippen LogP contribution in [0, 0.1) is 11.3 Å². The van der Waals surface area contributed by atoms with E-state index < -0.39 is 5.56 Å². The predicted molar refractivity (Wildman–Crippen MR) is 118 cm³/mol. The number of aromatic nitrogens is 1. The maximum absolute atomic E-state index is 12.9. The number of piperazine rings is 1. The third-order valence-corrected chi connectivity index (χ3v) is 6.50. The SMILES string of the molecule is CSc1[nH]c(=O)c(C(=O)N2CCN(CC(=O)N3CCc4ccccc43)CC2)cc1C#N. The van der Waals surface area contributed by atoms with E-state index in [4.69, 9.17) is 0 Å². The van der Waals surface area contributed by atoms with Gasteiger partial charge in [-0.3, -0.25) is 19.3 Å². The van der Waals surface area contributed by atoms with Crippen molar-refractivity contribution < 1.29 is 9.59 Å². The fourth-order valence-corrected chi connectivity index (χ4v) is 4.59. The Morgan fingerprint density at radius 3 is 2.61 bits per heavy atom. The van der Waals surface area contributed by atoms with Crippen LogP contribution in [0.1, 0.15) is 21.5 Å². The smallest absolute Gasteiger partial charge is 0.261 e. The van der Waals surface area contributed by atoms with Gasteiger partial charge in [0.15, 0.2) is 0 Å². The van der Waals surface area contributed by atoms with Crippen molar-refractivity contribution in [2.24, 2.45) is 0 Å². The van der Waals surface area contributed by atoms with Crippen LogP contribution in [-0.4, -0.2) is 72.1 Å². The second-order valence-electron chi connectivity index (χ2n) is 7.56. The van der Waals surface area contributed by atoms with E-state index in [1.165, 1.54) is 23.4 Å². The largest absolute Gasteiger partial charge is 0.336 e. The van der Waals surface area contributed by atoms with E-state index in [1.807, 2.05) is 34.1 Å². The van der Waals surface area contributed by atoms with Gasteiger partial charge in [-0.1, -0.05) is 18.2 Å². The molecule has 0 aliphatic carbocycles. The first-order chi connectivity index (χ1) is 15.0. The topological polar surface area (TPSA) is 101 Å². The number of para-hydroxylation sites is 1. The Bertz CT molecular complexity index is 1110. The second kappa shape index (κ2) is 8.96. The molecule has 1 N–H and O–H groups in total. The van der Waals surface area contributed by atoms with Crippen LogP contribution in [0.25, 0.3) is 0 Å². The molecular weight excluding hydrogens is 414 g/mol. The summed E-state index contributed by atoms with van der Waals surface area (Å²) < 4.78 is 0. The van der Waals surface area contributed by atoms with Gasteiger partial charge in [0.05, 0.1) is 17.1 Å². The first-order valence-electron chi connectivity index (χ1n) is 10.1. The summed E-state index contributed by atoms with van der Waals surface area (Å²) in [6.45, 7) is 2.96. The molecule has 0 atom stereocenters. The van der Waals surface area contributed by atoms with Crippen LogP contribution in [0.15, 0.2) is 40.2 Å². The lowest BCUT2D eigenvalue weighted by Gasteiger charge is -2.35. The van der Waals surface area contributed by atoms with Crippen LogP contribution >= 0.6 is 11.8 Å². The predicted octanol–water partition coefficient (Wildman–Crippen LogP) is 1.32. The van der Waals surface area contributed by atoms with Crippen molar-refractivity contribution >= 4 is 29.3 Å². The lowest BCUT2D eigenvalue weighted by Crippen LogP contribution is -2.52. The second-order valence-corrected chi connectivity index (χ2v) is 8.38. The van der Waals surface area contributed by atoms with Gasteiger partial charge in [0.2, 0.25) is 5.91 Å². The molecule has 2 aliphatic heterocycles. The standard InChI is InChI=1S/C22H23N5O3S/c1-31-21-16(13-23)12-17(20(29)24-21)22(30)26-10-8-25(9-11-26)14-19(28)27-7-6-15-4-2-3-5-18(15)27/h2-5,12H,6-11,14H2,1H3,(H,24,29). The summed E-state index contributed by atoms with van der Waals surface area (Å²) in [6.07, 6.45) is 2.63. The molecule has 160 valence electrons. The highest BCUT2D eigenvalue weighted by atomic mass is 32.2. The number of carbonyl (C=O) groups is 2. The highest BCUT2D eigenvalue weighted by molar-refractivity contribution is 7.98. The molecule has 1 aromatic heterocycles. The number of hydrogen-bond acceptors (Lipinski definition) is 6. The van der Waals surface area contributed by atoms with Crippen LogP contribution in [0.4, 0.5) is 5.69 Å². The highest BCUT2D eigenvalue weighted by Gasteiger charge is 2.29. The van der Waals surface area contributed by atoms with Crippen LogP contribution in [0.3, 0.4) is 0 Å². The lowest BCUT2D eigenvalue weighted by atomic mass is 10.1. The molecule has 2 aromatic rings. The van der Waals surface area contributed by atoms with Gasteiger partial charge in [-0.15, -0.1) is 11.8 Å². The number of fused-ring (bicyclic) bond motifs is 1. The summed E-state index contributed by atoms with van der Waals surface area (Å²) in [6, 6.07) is 11.4. The molecule has 4 rings (SSSR count). The zero-order valence-electron chi connectivity index (χ0n) is 17.3. The van der Waals surface area contributed by atoms with Gasteiger partial charge in [-0.2, -0.15) is 5.26 Å². The third kappa shape index (κ3) is 4.22. The van der Waals surface area contributed by atoms with Gasteiger partial charge < -0.3 is 14.8 Å². The van der Waals surface area contributed by atoms with E-state index >= 15 is 0 Å². The molecule has 8 nitrogen and oxygen atoms in total. The van der Waals surface area contributed by atoms with Crippen LogP contribution in [-0.2, 0) is 11.2 Å². The van der Waals surface area contributed by atoms with Gasteiger partial charge >= 0.3 is 0 Å². The average molecular weight is 438 g/mol. The van der Waals surface area contributed by atoms with Crippen LogP contribution < -0.4 is 10.5 Å². The number of H-pyrrole nitrogens is 1. The van der Waals surface area contributed by atoms with Gasteiger partial charge in [-0.05, 0) is 30.4 Å². The van der Waals surface area contributed by atoms with Crippen molar-refractivity contribution in [2.75, 3.05) is 50.4 Å². The maximum Gasteiger partial charge on any atom is 0.261 e. The minimum absolute atomic E-state index is 0.0208. The Labute approximate surface area is 184 Å². The minimum atomic E-state index is -0.487. The molecule has 2 aliphatic rings. The molecule has 2 amide bonds. The van der Waals surface area contributed by atoms with Crippen molar-refractivity contribution in [1.29, 1.82) is 5.26 Å². The monoisotopic (exact) mass is 437 g/mol. The van der Waals surface area contributed by atoms with E-state index in [1.54, 1.807) is 11.2 Å². The number of nitriles is 1. The summed E-state index contributed by atoms with van der Waals surface area (Å²) >= 11 is 1.26. The van der Waals surface area contributed by atoms with Crippen LogP contribution in [0.2, 0.25) is 0 Å². The van der Waals surface area contributed by atoms with Gasteiger partial charge in [0.25, 0.3) is 11.5 Å². The number of nitrogens with one attached hydrogen (secondary N) is 1. The minimum Gasteiger partial charge on any atom is -0.336 e. The Kier molecular flexibility index (Phi) is 6.11. The molecule has 3 heterocycles. The summed E-state index contributed by atoms with van der Waals surface area (Å²) in [5.41, 5.74) is 1.96. The number of nitrogens with zero attached hydrogens (tertiary/aromatic N) is 4. The normalized spacial score (nSPS) is 16.1. The summed E-state index contributed by atoms with van der Waals surface area (Å²) in [7, 11) is 0. The fraction of sp³-hybridized carbons (Fsp3) is 0.364. The summed E-state index contributed by atoms with van der Waals surface area (Å²) in [4.78, 5) is 46.1. The number of anilines is 1. The number of aromatic amines is 1. The molecule has 0 unspecified atom stereocenters. The highest BCUT2D eigenvalue weighted by Crippen LogP contribution is 2.27. The molecule has 0 spiro atoms. The third-order valence-electron chi connectivity index (χ3n) is 5.77. The van der Waals surface area contributed by atoms with E-state index in [9.17, 15) is 19.6 Å². The number of pyridine rings is 1. The summed E-state index contributed by atoms with van der Waals surface area (Å²) in [5.74, 6) is -0.322. The molecule has 1 saturated heterocycles. The Hall–Kier alpha value is -3.09. The van der Waals surface area contributed by atoms with Crippen LogP contribution in [0.5, 0.6) is 0 Å². The first kappa shape index (κ1) is 21.2. The molecule has 1 aromatic carbocycles. The fourth-order valence-electron chi connectivity index (χ4n) is 4.07. The quantitative estimate of drug-likeness (QED) is 0.724. The number of thioether (sulfide) groups is 1. The lowest BCUT2D eigenvalue weighted by molar-refractivity contribution is -0.120. The van der Waals surface area contributed by atoms with Crippen molar-refractivity contribution in [3.63, 3.8) is 0 Å². The number of benzene rings is 1. The molecule has 31 heavy (non-hydrogen) atoms. The number of hydrogen-bond donors (Lipinski definition) is 1. The van der Waals surface area contributed by atoms with E-state index in [2.05, 4.69) is 11.1 Å². The molecule has 0 radical (unpaired) electrons. The van der Waals surface area contributed by atoms with E-state index in [0.717, 1.165) is 12.1 Å². The Morgan fingerprint density at radius 2 is 1.90 bits per heavy atom.